The average molecular weight is 395 g/mol. The fourth-order valence-electron chi connectivity index (χ4n) is 2.35. The highest BCUT2D eigenvalue weighted by Crippen LogP contribution is 2.03. The molecule has 3 unspecified atom stereocenters. The maximum Gasteiger partial charge on any atom is 0.407 e. The van der Waals surface area contributed by atoms with E-state index in [2.05, 4.69) is 15.4 Å². The minimum Gasteiger partial charge on any atom is -0.467 e. The van der Waals surface area contributed by atoms with Gasteiger partial charge in [-0.3, -0.25) is 4.79 Å². The minimum absolute atomic E-state index is 0.197. The molecular weight excluding hydrogens is 366 g/mol. The first-order valence-corrected chi connectivity index (χ1v) is 9.11. The van der Waals surface area contributed by atoms with Crippen LogP contribution in [-0.4, -0.2) is 54.9 Å². The van der Waals surface area contributed by atoms with Gasteiger partial charge in [-0.1, -0.05) is 30.3 Å². The summed E-state index contributed by atoms with van der Waals surface area (Å²) in [6, 6.07) is 7.34. The van der Waals surface area contributed by atoms with Crippen molar-refractivity contribution in [2.24, 2.45) is 5.73 Å². The molecule has 0 fully saturated rings. The molecule has 1 aromatic rings. The molecular formula is C19H29N3O6. The number of nitrogens with one attached hydrogen (secondary N) is 2. The Kier molecular flexibility index (Phi) is 10.6. The van der Waals surface area contributed by atoms with Crippen LogP contribution in [0.4, 0.5) is 4.79 Å². The van der Waals surface area contributed by atoms with Crippen LogP contribution in [0.1, 0.15) is 31.7 Å². The summed E-state index contributed by atoms with van der Waals surface area (Å²) in [7, 11) is 1.17. The van der Waals surface area contributed by atoms with Crippen LogP contribution in [-0.2, 0) is 25.7 Å². The van der Waals surface area contributed by atoms with Gasteiger partial charge < -0.3 is 30.9 Å². The van der Waals surface area contributed by atoms with Crippen molar-refractivity contribution in [3.63, 3.8) is 0 Å². The van der Waals surface area contributed by atoms with Gasteiger partial charge in [0.1, 0.15) is 6.61 Å². The van der Waals surface area contributed by atoms with Crippen LogP contribution in [0.2, 0.25) is 0 Å². The number of hydrogen-bond donors (Lipinski definition) is 4. The topological polar surface area (TPSA) is 140 Å². The quantitative estimate of drug-likeness (QED) is 0.315. The van der Waals surface area contributed by atoms with E-state index in [1.54, 1.807) is 0 Å². The molecule has 0 aliphatic rings. The Bertz CT molecular complexity index is 623. The summed E-state index contributed by atoms with van der Waals surface area (Å²) in [6.45, 7) is 1.96. The average Bonchev–Trinajstić information content (AvgIpc) is 2.69. The first-order valence-electron chi connectivity index (χ1n) is 9.11. The monoisotopic (exact) mass is 395 g/mol. The first-order chi connectivity index (χ1) is 13.3. The maximum absolute atomic E-state index is 12.0. The van der Waals surface area contributed by atoms with E-state index in [1.165, 1.54) is 14.0 Å². The highest BCUT2D eigenvalue weighted by Gasteiger charge is 2.28. The molecule has 3 atom stereocenters. The zero-order valence-electron chi connectivity index (χ0n) is 16.2. The van der Waals surface area contributed by atoms with Gasteiger partial charge in [0, 0.05) is 6.54 Å². The van der Waals surface area contributed by atoms with E-state index in [0.717, 1.165) is 5.56 Å². The number of carbonyl (C=O) groups excluding carboxylic acids is 3. The van der Waals surface area contributed by atoms with Crippen LogP contribution in [0.25, 0.3) is 0 Å². The van der Waals surface area contributed by atoms with Crippen molar-refractivity contribution in [3.05, 3.63) is 35.9 Å². The number of amides is 2. The van der Waals surface area contributed by atoms with Crippen LogP contribution in [0, 0.1) is 0 Å². The lowest BCUT2D eigenvalue weighted by Crippen LogP contribution is -2.53. The first kappa shape index (κ1) is 23.4. The molecule has 0 aliphatic carbocycles. The molecule has 0 saturated carbocycles. The number of rotatable bonds is 11. The van der Waals surface area contributed by atoms with Crippen LogP contribution in [0.5, 0.6) is 0 Å². The fourth-order valence-corrected chi connectivity index (χ4v) is 2.35. The predicted molar refractivity (Wildman–Crippen MR) is 102 cm³/mol. The van der Waals surface area contributed by atoms with Crippen LogP contribution < -0.4 is 16.4 Å². The second kappa shape index (κ2) is 12.7. The Labute approximate surface area is 164 Å². The van der Waals surface area contributed by atoms with Crippen molar-refractivity contribution < 1.29 is 29.0 Å². The second-order valence-corrected chi connectivity index (χ2v) is 6.34. The second-order valence-electron chi connectivity index (χ2n) is 6.34. The summed E-state index contributed by atoms with van der Waals surface area (Å²) in [5, 5.41) is 14.6. The lowest BCUT2D eigenvalue weighted by molar-refractivity contribution is -0.148. The molecule has 0 radical (unpaired) electrons. The number of aliphatic hydroxyl groups excluding tert-OH is 1. The number of hydrogen-bond acceptors (Lipinski definition) is 7. The third-order valence-corrected chi connectivity index (χ3v) is 4.00. The molecule has 9 nitrogen and oxygen atoms in total. The van der Waals surface area contributed by atoms with Gasteiger partial charge in [0.25, 0.3) is 0 Å². The van der Waals surface area contributed by atoms with Gasteiger partial charge in [0.2, 0.25) is 5.91 Å². The molecule has 1 rings (SSSR count). The zero-order valence-corrected chi connectivity index (χ0v) is 16.2. The van der Waals surface area contributed by atoms with Crippen molar-refractivity contribution in [1.82, 2.24) is 10.6 Å². The van der Waals surface area contributed by atoms with Crippen molar-refractivity contribution in [3.8, 4) is 0 Å². The number of ether oxygens (including phenoxy) is 2. The standard InChI is InChI=1S/C19H29N3O6/c1-13(23)16(18(25)27-2)22-17(24)15(20)10-6-7-11-21-19(26)28-12-14-8-4-3-5-9-14/h3-5,8-9,13,15-16,23H,6-7,10-12,20H2,1-2H3,(H,21,26)(H,22,24). The van der Waals surface area contributed by atoms with E-state index >= 15 is 0 Å². The Balaban J connectivity index is 2.19. The number of nitrogens with two attached hydrogens (primary N) is 1. The molecule has 28 heavy (non-hydrogen) atoms. The largest absolute Gasteiger partial charge is 0.467 e. The molecule has 0 aromatic heterocycles. The summed E-state index contributed by atoms with van der Waals surface area (Å²) >= 11 is 0. The van der Waals surface area contributed by atoms with E-state index in [4.69, 9.17) is 10.5 Å². The van der Waals surface area contributed by atoms with E-state index in [0.29, 0.717) is 25.8 Å². The predicted octanol–water partition coefficient (Wildman–Crippen LogP) is 0.449. The SMILES string of the molecule is COC(=O)C(NC(=O)C(N)CCCCNC(=O)OCc1ccccc1)C(C)O. The summed E-state index contributed by atoms with van der Waals surface area (Å²) in [6.07, 6.45) is -0.0534. The van der Waals surface area contributed by atoms with E-state index < -0.39 is 36.2 Å². The minimum atomic E-state index is -1.16. The lowest BCUT2D eigenvalue weighted by Gasteiger charge is -2.21. The molecule has 0 spiro atoms. The van der Waals surface area contributed by atoms with Gasteiger partial charge >= 0.3 is 12.1 Å². The van der Waals surface area contributed by atoms with Crippen LogP contribution >= 0.6 is 0 Å². The van der Waals surface area contributed by atoms with Gasteiger partial charge in [-0.2, -0.15) is 0 Å². The molecule has 0 bridgehead atoms. The summed E-state index contributed by atoms with van der Waals surface area (Å²) < 4.78 is 9.62. The molecule has 0 aliphatic heterocycles. The number of methoxy groups -OCH3 is 1. The molecule has 156 valence electrons. The summed E-state index contributed by atoms with van der Waals surface area (Å²) in [5.41, 5.74) is 6.70. The van der Waals surface area contributed by atoms with Crippen molar-refractivity contribution >= 4 is 18.0 Å². The van der Waals surface area contributed by atoms with Gasteiger partial charge in [-0.25, -0.2) is 9.59 Å². The van der Waals surface area contributed by atoms with Gasteiger partial charge in [0.05, 0.1) is 19.3 Å². The number of aliphatic hydroxyl groups is 1. The number of unbranched alkanes of at least 4 members (excludes halogenated alkanes) is 1. The van der Waals surface area contributed by atoms with E-state index in [-0.39, 0.29) is 6.61 Å². The molecule has 5 N–H and O–H groups in total. The molecule has 1 aromatic carbocycles. The summed E-state index contributed by atoms with van der Waals surface area (Å²) in [4.78, 5) is 35.2. The van der Waals surface area contributed by atoms with Gasteiger partial charge in [-0.05, 0) is 31.7 Å². The van der Waals surface area contributed by atoms with Gasteiger partial charge in [-0.15, -0.1) is 0 Å². The van der Waals surface area contributed by atoms with Gasteiger partial charge in [0.15, 0.2) is 6.04 Å². The highest BCUT2D eigenvalue weighted by atomic mass is 16.5. The fraction of sp³-hybridized carbons (Fsp3) is 0.526. The Morgan fingerprint density at radius 2 is 1.86 bits per heavy atom. The van der Waals surface area contributed by atoms with E-state index in [9.17, 15) is 19.5 Å². The highest BCUT2D eigenvalue weighted by molar-refractivity contribution is 5.87. The normalized spacial score (nSPS) is 13.7. The Morgan fingerprint density at radius 1 is 1.18 bits per heavy atom. The molecule has 9 heteroatoms. The van der Waals surface area contributed by atoms with Crippen molar-refractivity contribution in [2.75, 3.05) is 13.7 Å². The maximum atomic E-state index is 12.0. The third kappa shape index (κ3) is 8.83. The lowest BCUT2D eigenvalue weighted by atomic mass is 10.1. The molecule has 2 amide bonds. The molecule has 0 heterocycles. The summed E-state index contributed by atoms with van der Waals surface area (Å²) in [5.74, 6) is -1.29. The number of esters is 1. The smallest absolute Gasteiger partial charge is 0.407 e. The number of alkyl carbamates (subject to hydrolysis) is 1. The Hall–Kier alpha value is -2.65. The van der Waals surface area contributed by atoms with Crippen LogP contribution in [0.3, 0.4) is 0 Å². The van der Waals surface area contributed by atoms with Crippen molar-refractivity contribution in [2.45, 2.75) is 51.0 Å². The number of benzene rings is 1. The van der Waals surface area contributed by atoms with Crippen molar-refractivity contribution in [1.29, 1.82) is 0 Å². The van der Waals surface area contributed by atoms with Crippen LogP contribution in [0.15, 0.2) is 30.3 Å². The zero-order chi connectivity index (χ0) is 20.9. The number of carbonyl (C=O) groups is 3. The third-order valence-electron chi connectivity index (χ3n) is 4.00. The Morgan fingerprint density at radius 3 is 2.46 bits per heavy atom. The van der Waals surface area contributed by atoms with E-state index in [1.807, 2.05) is 30.3 Å². The molecule has 0 saturated heterocycles.